The maximum atomic E-state index is 13.6. The summed E-state index contributed by atoms with van der Waals surface area (Å²) >= 11 is 0. The van der Waals surface area contributed by atoms with Crippen molar-refractivity contribution < 1.29 is 4.79 Å². The fourth-order valence-corrected chi connectivity index (χ4v) is 5.21. The van der Waals surface area contributed by atoms with Crippen molar-refractivity contribution in [2.75, 3.05) is 5.32 Å². The van der Waals surface area contributed by atoms with E-state index in [1.54, 1.807) is 0 Å². The van der Waals surface area contributed by atoms with Crippen molar-refractivity contribution in [1.29, 1.82) is 0 Å². The molecule has 1 aromatic heterocycles. The number of hydrogen-bond donors (Lipinski definition) is 2. The van der Waals surface area contributed by atoms with Gasteiger partial charge in [-0.1, -0.05) is 69.3 Å². The molecule has 2 aromatic carbocycles. The molecule has 29 heavy (non-hydrogen) atoms. The van der Waals surface area contributed by atoms with Crippen LogP contribution in [0.15, 0.2) is 54.7 Å². The van der Waals surface area contributed by atoms with Crippen LogP contribution in [0.4, 0.5) is 5.95 Å². The number of imidazole rings is 1. The highest BCUT2D eigenvalue weighted by molar-refractivity contribution is 5.96. The molecule has 0 fully saturated rings. The van der Waals surface area contributed by atoms with E-state index in [0.29, 0.717) is 5.95 Å². The largest absolute Gasteiger partial charge is 0.327 e. The molecular formula is C25H27N3O. The summed E-state index contributed by atoms with van der Waals surface area (Å²) in [5, 5.41) is 3.09. The average molecular weight is 386 g/mol. The van der Waals surface area contributed by atoms with Gasteiger partial charge in [0.1, 0.15) is 0 Å². The number of hydrogen-bond acceptors (Lipinski definition) is 2. The van der Waals surface area contributed by atoms with E-state index in [0.717, 1.165) is 12.1 Å². The van der Waals surface area contributed by atoms with Gasteiger partial charge in [-0.05, 0) is 35.6 Å². The average Bonchev–Trinajstić information content (AvgIpc) is 3.17. The highest BCUT2D eigenvalue weighted by Gasteiger charge is 2.53. The maximum absolute atomic E-state index is 13.6. The zero-order chi connectivity index (χ0) is 20.4. The molecular weight excluding hydrogens is 358 g/mol. The molecule has 3 aliphatic rings. The fraction of sp³-hybridized carbons (Fsp3) is 0.360. The van der Waals surface area contributed by atoms with Crippen LogP contribution in [0, 0.1) is 5.41 Å². The molecule has 4 nitrogen and oxygen atoms in total. The van der Waals surface area contributed by atoms with Gasteiger partial charge >= 0.3 is 0 Å². The molecule has 0 aliphatic heterocycles. The molecule has 0 spiro atoms. The molecule has 148 valence electrons. The lowest BCUT2D eigenvalue weighted by Crippen LogP contribution is -2.47. The van der Waals surface area contributed by atoms with E-state index in [9.17, 15) is 4.79 Å². The van der Waals surface area contributed by atoms with E-state index in [2.05, 4.69) is 91.5 Å². The third kappa shape index (κ3) is 2.65. The van der Waals surface area contributed by atoms with Crippen LogP contribution in [0.25, 0.3) is 0 Å². The van der Waals surface area contributed by atoms with E-state index >= 15 is 0 Å². The Labute approximate surface area is 171 Å². The SMILES string of the molecule is CC(C)(C)c1cnc(NC(=O)C2(C)CC3c4ccccc4C2c2ccccc23)[nH]1. The first kappa shape index (κ1) is 18.2. The van der Waals surface area contributed by atoms with Gasteiger partial charge in [0.25, 0.3) is 0 Å². The highest BCUT2D eigenvalue weighted by atomic mass is 16.2. The van der Waals surface area contributed by atoms with E-state index < -0.39 is 5.41 Å². The van der Waals surface area contributed by atoms with Crippen molar-refractivity contribution >= 4 is 11.9 Å². The highest BCUT2D eigenvalue weighted by Crippen LogP contribution is 2.61. The van der Waals surface area contributed by atoms with Crippen LogP contribution in [-0.2, 0) is 10.2 Å². The van der Waals surface area contributed by atoms with Crippen LogP contribution in [0.1, 0.15) is 73.9 Å². The molecule has 1 unspecified atom stereocenters. The molecule has 0 saturated carbocycles. The summed E-state index contributed by atoms with van der Waals surface area (Å²) in [6, 6.07) is 17.2. The third-order valence-corrected chi connectivity index (χ3v) is 6.76. The number of amides is 1. The van der Waals surface area contributed by atoms with Gasteiger partial charge in [-0.3, -0.25) is 10.1 Å². The minimum absolute atomic E-state index is 0.0336. The van der Waals surface area contributed by atoms with Gasteiger partial charge in [-0.15, -0.1) is 0 Å². The van der Waals surface area contributed by atoms with Gasteiger partial charge in [0.05, 0.1) is 11.6 Å². The third-order valence-electron chi connectivity index (χ3n) is 6.76. The summed E-state index contributed by atoms with van der Waals surface area (Å²) < 4.78 is 0. The Morgan fingerprint density at radius 3 is 2.10 bits per heavy atom. The van der Waals surface area contributed by atoms with E-state index in [-0.39, 0.29) is 23.2 Å². The van der Waals surface area contributed by atoms with Crippen molar-refractivity contribution in [2.45, 2.75) is 51.4 Å². The summed E-state index contributed by atoms with van der Waals surface area (Å²) in [4.78, 5) is 21.3. The number of benzene rings is 2. The van der Waals surface area contributed by atoms with Crippen molar-refractivity contribution in [2.24, 2.45) is 5.41 Å². The molecule has 2 bridgehead atoms. The zero-order valence-corrected chi connectivity index (χ0v) is 17.4. The topological polar surface area (TPSA) is 57.8 Å². The van der Waals surface area contributed by atoms with E-state index in [1.165, 1.54) is 22.3 Å². The fourth-order valence-electron chi connectivity index (χ4n) is 5.21. The van der Waals surface area contributed by atoms with Crippen LogP contribution in [-0.4, -0.2) is 15.9 Å². The maximum Gasteiger partial charge on any atom is 0.233 e. The number of fused-ring (bicyclic) bond motifs is 1. The number of aromatic amines is 1. The van der Waals surface area contributed by atoms with Gasteiger partial charge in [-0.25, -0.2) is 4.98 Å². The van der Waals surface area contributed by atoms with Crippen LogP contribution < -0.4 is 5.32 Å². The first-order valence-electron chi connectivity index (χ1n) is 10.3. The monoisotopic (exact) mass is 385 g/mol. The first-order valence-corrected chi connectivity index (χ1v) is 10.3. The molecule has 0 saturated heterocycles. The molecule has 1 atom stereocenters. The number of rotatable bonds is 2. The zero-order valence-electron chi connectivity index (χ0n) is 17.4. The van der Waals surface area contributed by atoms with Crippen molar-refractivity contribution in [3.05, 3.63) is 82.7 Å². The van der Waals surface area contributed by atoms with Gasteiger partial charge in [0.2, 0.25) is 11.9 Å². The summed E-state index contributed by atoms with van der Waals surface area (Å²) in [7, 11) is 0. The van der Waals surface area contributed by atoms with Gasteiger partial charge < -0.3 is 4.98 Å². The standard InChI is InChI=1S/C25H27N3O/c1-24(2,3)20-14-26-23(27-20)28-22(29)25(4)13-19-15-9-5-7-11-17(15)21(25)18-12-8-6-10-16(18)19/h5-12,14,19,21H,13H2,1-4H3,(H2,26,27,28,29). The van der Waals surface area contributed by atoms with Crippen molar-refractivity contribution in [1.82, 2.24) is 9.97 Å². The van der Waals surface area contributed by atoms with Gasteiger partial charge in [0, 0.05) is 22.9 Å². The number of anilines is 1. The van der Waals surface area contributed by atoms with Crippen molar-refractivity contribution in [3.63, 3.8) is 0 Å². The number of nitrogens with zero attached hydrogens (tertiary/aromatic N) is 1. The lowest BCUT2D eigenvalue weighted by Gasteiger charge is -2.50. The Kier molecular flexibility index (Phi) is 3.79. The summed E-state index contributed by atoms with van der Waals surface area (Å²) in [6.07, 6.45) is 2.62. The van der Waals surface area contributed by atoms with Gasteiger partial charge in [0.15, 0.2) is 0 Å². The molecule has 2 N–H and O–H groups in total. The molecule has 1 amide bonds. The Morgan fingerprint density at radius 2 is 1.59 bits per heavy atom. The summed E-state index contributed by atoms with van der Waals surface area (Å²) in [5.41, 5.74) is 5.76. The minimum atomic E-state index is -0.526. The van der Waals surface area contributed by atoms with E-state index in [1.807, 2.05) is 6.20 Å². The minimum Gasteiger partial charge on any atom is -0.327 e. The number of H-pyrrole nitrogens is 1. The molecule has 0 radical (unpaired) electrons. The van der Waals surface area contributed by atoms with E-state index in [4.69, 9.17) is 0 Å². The van der Waals surface area contributed by atoms with Crippen LogP contribution in [0.5, 0.6) is 0 Å². The Hall–Kier alpha value is -2.88. The Bertz CT molecular complexity index is 1060. The van der Waals surface area contributed by atoms with Gasteiger partial charge in [-0.2, -0.15) is 0 Å². The predicted molar refractivity (Wildman–Crippen MR) is 115 cm³/mol. The Balaban J connectivity index is 1.54. The first-order chi connectivity index (χ1) is 13.8. The second-order valence-electron chi connectivity index (χ2n) is 9.71. The molecule has 3 aliphatic carbocycles. The van der Waals surface area contributed by atoms with Crippen molar-refractivity contribution in [3.8, 4) is 0 Å². The number of aromatic nitrogens is 2. The molecule has 4 heteroatoms. The lowest BCUT2D eigenvalue weighted by atomic mass is 9.52. The summed E-state index contributed by atoms with van der Waals surface area (Å²) in [5.74, 6) is 0.873. The molecule has 6 rings (SSSR count). The van der Waals surface area contributed by atoms with Crippen LogP contribution >= 0.6 is 0 Å². The number of nitrogens with one attached hydrogen (secondary N) is 2. The number of carbonyl (C=O) groups excluding carboxylic acids is 1. The normalized spacial score (nSPS) is 24.7. The second-order valence-corrected chi connectivity index (χ2v) is 9.71. The van der Waals surface area contributed by atoms with Crippen LogP contribution in [0.2, 0.25) is 0 Å². The quantitative estimate of drug-likeness (QED) is 0.626. The second kappa shape index (κ2) is 6.06. The number of carbonyl (C=O) groups is 1. The lowest BCUT2D eigenvalue weighted by molar-refractivity contribution is -0.126. The van der Waals surface area contributed by atoms with Crippen LogP contribution in [0.3, 0.4) is 0 Å². The molecule has 3 aromatic rings. The Morgan fingerprint density at radius 1 is 1.03 bits per heavy atom. The smallest absolute Gasteiger partial charge is 0.233 e. The summed E-state index contributed by atoms with van der Waals surface area (Å²) in [6.45, 7) is 8.49. The molecule has 1 heterocycles. The predicted octanol–water partition coefficient (Wildman–Crippen LogP) is 5.33.